The van der Waals surface area contributed by atoms with E-state index < -0.39 is 0 Å². The van der Waals surface area contributed by atoms with Crippen LogP contribution < -0.4 is 5.32 Å². The van der Waals surface area contributed by atoms with E-state index in [-0.39, 0.29) is 0 Å². The quantitative estimate of drug-likeness (QED) is 0.785. The van der Waals surface area contributed by atoms with Crippen LogP contribution in [-0.2, 0) is 0 Å². The molecule has 3 atom stereocenters. The first-order valence-corrected chi connectivity index (χ1v) is 7.56. The number of hydrogen-bond acceptors (Lipinski definition) is 1. The molecule has 0 amide bonds. The van der Waals surface area contributed by atoms with Crippen LogP contribution >= 0.6 is 15.9 Å². The average molecular weight is 294 g/mol. The molecule has 0 saturated heterocycles. The maximum atomic E-state index is 3.60. The lowest BCUT2D eigenvalue weighted by Crippen LogP contribution is -2.21. The van der Waals surface area contributed by atoms with Gasteiger partial charge in [0.05, 0.1) is 0 Å². The van der Waals surface area contributed by atoms with Crippen LogP contribution in [0.25, 0.3) is 0 Å². The largest absolute Gasteiger partial charge is 0.384 e. The predicted molar refractivity (Wildman–Crippen MR) is 76.5 cm³/mol. The fraction of sp³-hybridized carbons (Fsp3) is 0.600. The first-order valence-electron chi connectivity index (χ1n) is 6.77. The lowest BCUT2D eigenvalue weighted by molar-refractivity contribution is 0.253. The Labute approximate surface area is 112 Å². The number of hydrogen-bond donors (Lipinski definition) is 1. The van der Waals surface area contributed by atoms with Gasteiger partial charge in [-0.3, -0.25) is 0 Å². The molecule has 1 aliphatic heterocycles. The van der Waals surface area contributed by atoms with Gasteiger partial charge in [0.15, 0.2) is 0 Å². The van der Waals surface area contributed by atoms with Crippen LogP contribution in [0.3, 0.4) is 0 Å². The molecule has 1 heterocycles. The van der Waals surface area contributed by atoms with Gasteiger partial charge in [-0.2, -0.15) is 0 Å². The normalized spacial score (nSPS) is 32.0. The van der Waals surface area contributed by atoms with E-state index in [4.69, 9.17) is 0 Å². The minimum absolute atomic E-state index is 0.741. The molecule has 1 fully saturated rings. The predicted octanol–water partition coefficient (Wildman–Crippen LogP) is 4.78. The van der Waals surface area contributed by atoms with Crippen molar-refractivity contribution in [2.75, 3.05) is 11.9 Å². The van der Waals surface area contributed by atoms with Gasteiger partial charge in [-0.25, -0.2) is 0 Å². The van der Waals surface area contributed by atoms with E-state index in [1.807, 2.05) is 0 Å². The zero-order chi connectivity index (χ0) is 11.8. The zero-order valence-electron chi connectivity index (χ0n) is 10.4. The van der Waals surface area contributed by atoms with Crippen molar-refractivity contribution in [1.82, 2.24) is 0 Å². The third-order valence-electron chi connectivity index (χ3n) is 4.47. The molecule has 0 bridgehead atoms. The highest BCUT2D eigenvalue weighted by atomic mass is 79.9. The molecule has 3 rings (SSSR count). The van der Waals surface area contributed by atoms with Crippen molar-refractivity contribution in [3.63, 3.8) is 0 Å². The topological polar surface area (TPSA) is 12.0 Å². The van der Waals surface area contributed by atoms with E-state index >= 15 is 0 Å². The fourth-order valence-electron chi connectivity index (χ4n) is 3.60. The van der Waals surface area contributed by atoms with E-state index in [0.29, 0.717) is 0 Å². The highest BCUT2D eigenvalue weighted by molar-refractivity contribution is 9.10. The molecule has 1 aliphatic carbocycles. The Morgan fingerprint density at radius 2 is 2.18 bits per heavy atom. The first kappa shape index (κ1) is 11.6. The zero-order valence-corrected chi connectivity index (χ0v) is 12.0. The first-order chi connectivity index (χ1) is 8.24. The summed E-state index contributed by atoms with van der Waals surface area (Å²) in [7, 11) is 0. The van der Waals surface area contributed by atoms with Crippen LogP contribution in [0.15, 0.2) is 22.7 Å². The second-order valence-corrected chi connectivity index (χ2v) is 6.67. The summed E-state index contributed by atoms with van der Waals surface area (Å²) >= 11 is 3.60. The lowest BCUT2D eigenvalue weighted by Gasteiger charge is -2.31. The molecular weight excluding hydrogens is 274 g/mol. The average Bonchev–Trinajstić information content (AvgIpc) is 2.71. The van der Waals surface area contributed by atoms with Crippen LogP contribution in [-0.4, -0.2) is 6.54 Å². The van der Waals surface area contributed by atoms with Crippen molar-refractivity contribution >= 4 is 21.6 Å². The maximum Gasteiger partial charge on any atom is 0.0377 e. The summed E-state index contributed by atoms with van der Waals surface area (Å²) in [5.74, 6) is 2.55. The summed E-state index contributed by atoms with van der Waals surface area (Å²) in [6.45, 7) is 3.56. The molecule has 1 aromatic carbocycles. The molecule has 92 valence electrons. The minimum Gasteiger partial charge on any atom is -0.384 e. The van der Waals surface area contributed by atoms with Crippen LogP contribution in [0.5, 0.6) is 0 Å². The number of halogens is 1. The Hall–Kier alpha value is -0.500. The van der Waals surface area contributed by atoms with Crippen molar-refractivity contribution in [3.8, 4) is 0 Å². The van der Waals surface area contributed by atoms with E-state index in [0.717, 1.165) is 24.3 Å². The minimum atomic E-state index is 0.741. The smallest absolute Gasteiger partial charge is 0.0377 e. The molecule has 17 heavy (non-hydrogen) atoms. The standard InChI is InChI=1S/C15H20BrN/c1-10-3-2-4-11(7-10)14-9-17-15-6-5-12(16)8-13(14)15/h5-6,8,10-11,14,17H,2-4,7,9H2,1H3. The molecule has 1 saturated carbocycles. The fourth-order valence-corrected chi connectivity index (χ4v) is 3.98. The Morgan fingerprint density at radius 3 is 3.00 bits per heavy atom. The number of rotatable bonds is 1. The molecule has 0 aromatic heterocycles. The van der Waals surface area contributed by atoms with Crippen molar-refractivity contribution < 1.29 is 0 Å². The summed E-state index contributed by atoms with van der Waals surface area (Å²) in [6.07, 6.45) is 5.69. The number of benzene rings is 1. The molecule has 0 radical (unpaired) electrons. The second kappa shape index (κ2) is 4.64. The van der Waals surface area contributed by atoms with E-state index in [9.17, 15) is 0 Å². The monoisotopic (exact) mass is 293 g/mol. The Morgan fingerprint density at radius 1 is 1.29 bits per heavy atom. The Kier molecular flexibility index (Phi) is 3.16. The lowest BCUT2D eigenvalue weighted by atomic mass is 9.74. The van der Waals surface area contributed by atoms with E-state index in [2.05, 4.69) is 46.4 Å². The molecule has 2 heteroatoms. The SMILES string of the molecule is CC1CCCC(C2CNc3ccc(Br)cc32)C1. The highest BCUT2D eigenvalue weighted by Crippen LogP contribution is 2.44. The number of fused-ring (bicyclic) bond motifs is 1. The third-order valence-corrected chi connectivity index (χ3v) is 4.96. The van der Waals surface area contributed by atoms with Crippen LogP contribution in [0.2, 0.25) is 0 Å². The van der Waals surface area contributed by atoms with Gasteiger partial charge < -0.3 is 5.32 Å². The molecular formula is C15H20BrN. The summed E-state index contributed by atoms with van der Waals surface area (Å²) in [5, 5.41) is 3.57. The van der Waals surface area contributed by atoms with Crippen molar-refractivity contribution in [2.24, 2.45) is 11.8 Å². The highest BCUT2D eigenvalue weighted by Gasteiger charge is 2.32. The van der Waals surface area contributed by atoms with Crippen molar-refractivity contribution in [1.29, 1.82) is 0 Å². The molecule has 3 unspecified atom stereocenters. The van der Waals surface area contributed by atoms with Gasteiger partial charge in [-0.15, -0.1) is 0 Å². The third kappa shape index (κ3) is 2.24. The van der Waals surface area contributed by atoms with Gasteiger partial charge in [0.2, 0.25) is 0 Å². The van der Waals surface area contributed by atoms with Crippen LogP contribution in [0, 0.1) is 11.8 Å². The van der Waals surface area contributed by atoms with Gasteiger partial charge in [0, 0.05) is 22.6 Å². The Balaban J connectivity index is 1.84. The van der Waals surface area contributed by atoms with Gasteiger partial charge in [0.1, 0.15) is 0 Å². The number of nitrogens with one attached hydrogen (secondary N) is 1. The maximum absolute atomic E-state index is 3.60. The van der Waals surface area contributed by atoms with Gasteiger partial charge in [0.25, 0.3) is 0 Å². The molecule has 2 aliphatic rings. The van der Waals surface area contributed by atoms with Gasteiger partial charge in [-0.1, -0.05) is 35.7 Å². The summed E-state index contributed by atoms with van der Waals surface area (Å²) < 4.78 is 1.22. The van der Waals surface area contributed by atoms with Gasteiger partial charge in [-0.05, 0) is 48.4 Å². The van der Waals surface area contributed by atoms with E-state index in [1.54, 1.807) is 5.56 Å². The summed E-state index contributed by atoms with van der Waals surface area (Å²) in [6, 6.07) is 6.67. The second-order valence-electron chi connectivity index (χ2n) is 5.75. The van der Waals surface area contributed by atoms with Crippen LogP contribution in [0.1, 0.15) is 44.1 Å². The van der Waals surface area contributed by atoms with Crippen molar-refractivity contribution in [3.05, 3.63) is 28.2 Å². The van der Waals surface area contributed by atoms with E-state index in [1.165, 1.54) is 35.8 Å². The molecule has 1 N–H and O–H groups in total. The summed E-state index contributed by atoms with van der Waals surface area (Å²) in [4.78, 5) is 0. The Bertz CT molecular complexity index is 415. The summed E-state index contributed by atoms with van der Waals surface area (Å²) in [5.41, 5.74) is 2.90. The van der Waals surface area contributed by atoms with Crippen molar-refractivity contribution in [2.45, 2.75) is 38.5 Å². The number of anilines is 1. The molecule has 1 nitrogen and oxygen atoms in total. The van der Waals surface area contributed by atoms with Crippen LogP contribution in [0.4, 0.5) is 5.69 Å². The molecule has 1 aromatic rings. The van der Waals surface area contributed by atoms with Gasteiger partial charge >= 0.3 is 0 Å². The molecule has 0 spiro atoms.